The van der Waals surface area contributed by atoms with Crippen molar-refractivity contribution in [2.45, 2.75) is 11.8 Å². The molecule has 1 fully saturated rings. The van der Waals surface area contributed by atoms with E-state index >= 15 is 0 Å². The first-order valence-electron chi connectivity index (χ1n) is 5.44. The molecule has 0 radical (unpaired) electrons. The summed E-state index contributed by atoms with van der Waals surface area (Å²) in [5.41, 5.74) is 0.334. The molecule has 1 N–H and O–H groups in total. The quantitative estimate of drug-likeness (QED) is 0.839. The maximum Gasteiger partial charge on any atom is 0.243 e. The Morgan fingerprint density at radius 2 is 2.11 bits per heavy atom. The van der Waals surface area contributed by atoms with Crippen molar-refractivity contribution in [3.05, 3.63) is 29.6 Å². The van der Waals surface area contributed by atoms with Crippen LogP contribution in [0.5, 0.6) is 0 Å². The van der Waals surface area contributed by atoms with Gasteiger partial charge in [-0.2, -0.15) is 4.31 Å². The molecule has 1 aromatic rings. The topological polar surface area (TPSA) is 66.5 Å². The minimum absolute atomic E-state index is 0.0404. The van der Waals surface area contributed by atoms with Gasteiger partial charge < -0.3 is 5.32 Å². The average molecular weight is 272 g/mol. The summed E-state index contributed by atoms with van der Waals surface area (Å²) in [7, 11) is -3.74. The van der Waals surface area contributed by atoms with Crippen molar-refractivity contribution in [2.75, 3.05) is 19.6 Å². The van der Waals surface area contributed by atoms with E-state index in [1.54, 1.807) is 0 Å². The summed E-state index contributed by atoms with van der Waals surface area (Å²) >= 11 is 0. The molecule has 0 aromatic heterocycles. The predicted octanol–water partition coefficient (Wildman–Crippen LogP) is 0.255. The number of halogens is 1. The van der Waals surface area contributed by atoms with Crippen molar-refractivity contribution < 1.29 is 17.6 Å². The number of sulfonamides is 1. The van der Waals surface area contributed by atoms with E-state index in [4.69, 9.17) is 0 Å². The summed E-state index contributed by atoms with van der Waals surface area (Å²) in [6, 6.07) is 3.49. The molecule has 1 aliphatic heterocycles. The van der Waals surface area contributed by atoms with Gasteiger partial charge in [-0.15, -0.1) is 0 Å². The molecule has 2 rings (SSSR count). The lowest BCUT2D eigenvalue weighted by molar-refractivity contribution is -0.122. The highest BCUT2D eigenvalue weighted by atomic mass is 32.2. The van der Waals surface area contributed by atoms with Crippen LogP contribution in [0.2, 0.25) is 0 Å². The van der Waals surface area contributed by atoms with E-state index in [1.807, 2.05) is 0 Å². The molecule has 0 unspecified atom stereocenters. The first-order chi connectivity index (χ1) is 8.41. The Balaban J connectivity index is 2.38. The first-order valence-corrected chi connectivity index (χ1v) is 6.88. The Morgan fingerprint density at radius 1 is 1.39 bits per heavy atom. The number of rotatable bonds is 2. The minimum Gasteiger partial charge on any atom is -0.354 e. The van der Waals surface area contributed by atoms with Crippen LogP contribution in [-0.2, 0) is 14.8 Å². The summed E-state index contributed by atoms with van der Waals surface area (Å²) in [5.74, 6) is -0.813. The van der Waals surface area contributed by atoms with Crippen molar-refractivity contribution in [3.63, 3.8) is 0 Å². The molecule has 1 saturated heterocycles. The second-order valence-electron chi connectivity index (χ2n) is 4.10. The third-order valence-electron chi connectivity index (χ3n) is 2.76. The largest absolute Gasteiger partial charge is 0.354 e. The molecule has 0 saturated carbocycles. The molecular formula is C11H13FN2O3S. The second kappa shape index (κ2) is 4.66. The number of benzene rings is 1. The summed E-state index contributed by atoms with van der Waals surface area (Å²) < 4.78 is 38.6. The van der Waals surface area contributed by atoms with E-state index in [2.05, 4.69) is 5.32 Å². The van der Waals surface area contributed by atoms with Gasteiger partial charge in [-0.05, 0) is 30.7 Å². The molecule has 7 heteroatoms. The average Bonchev–Trinajstić information content (AvgIpc) is 2.28. The zero-order valence-electron chi connectivity index (χ0n) is 9.81. The lowest BCUT2D eigenvalue weighted by atomic mass is 10.2. The Labute approximate surface area is 105 Å². The van der Waals surface area contributed by atoms with E-state index in [0.29, 0.717) is 5.56 Å². The fourth-order valence-electron chi connectivity index (χ4n) is 1.86. The van der Waals surface area contributed by atoms with Gasteiger partial charge >= 0.3 is 0 Å². The Bertz CT molecular complexity index is 586. The molecule has 5 nitrogen and oxygen atoms in total. The Hall–Kier alpha value is -1.47. The summed E-state index contributed by atoms with van der Waals surface area (Å²) in [4.78, 5) is 11.3. The lowest BCUT2D eigenvalue weighted by Gasteiger charge is -2.26. The van der Waals surface area contributed by atoms with E-state index in [9.17, 15) is 17.6 Å². The van der Waals surface area contributed by atoms with Gasteiger partial charge in [0.1, 0.15) is 5.82 Å². The highest BCUT2D eigenvalue weighted by Gasteiger charge is 2.30. The molecule has 0 bridgehead atoms. The van der Waals surface area contributed by atoms with Crippen LogP contribution < -0.4 is 5.32 Å². The molecule has 0 spiro atoms. The van der Waals surface area contributed by atoms with Crippen molar-refractivity contribution in [3.8, 4) is 0 Å². The van der Waals surface area contributed by atoms with Crippen molar-refractivity contribution in [1.82, 2.24) is 9.62 Å². The van der Waals surface area contributed by atoms with Gasteiger partial charge in [0.05, 0.1) is 11.4 Å². The summed E-state index contributed by atoms with van der Waals surface area (Å²) in [6.45, 7) is 1.85. The number of hydrogen-bond donors (Lipinski definition) is 1. The number of nitrogens with zero attached hydrogens (tertiary/aromatic N) is 1. The number of amides is 1. The zero-order valence-corrected chi connectivity index (χ0v) is 10.6. The van der Waals surface area contributed by atoms with Gasteiger partial charge in [-0.25, -0.2) is 12.8 Å². The molecule has 1 heterocycles. The van der Waals surface area contributed by atoms with Gasteiger partial charge in [0, 0.05) is 13.1 Å². The van der Waals surface area contributed by atoms with Crippen molar-refractivity contribution in [2.24, 2.45) is 0 Å². The molecular weight excluding hydrogens is 259 g/mol. The zero-order chi connectivity index (χ0) is 13.3. The SMILES string of the molecule is Cc1cc(F)ccc1S(=O)(=O)N1CCNC(=O)C1. The summed E-state index contributed by atoms with van der Waals surface area (Å²) in [6.07, 6.45) is 0. The highest BCUT2D eigenvalue weighted by molar-refractivity contribution is 7.89. The van der Waals surface area contributed by atoms with Crippen LogP contribution in [0.4, 0.5) is 4.39 Å². The van der Waals surface area contributed by atoms with E-state index in [1.165, 1.54) is 13.0 Å². The third-order valence-corrected chi connectivity index (χ3v) is 4.76. The third kappa shape index (κ3) is 2.37. The number of nitrogens with one attached hydrogen (secondary N) is 1. The molecule has 98 valence electrons. The van der Waals surface area contributed by atoms with Gasteiger partial charge in [0.2, 0.25) is 15.9 Å². The van der Waals surface area contributed by atoms with Crippen molar-refractivity contribution >= 4 is 15.9 Å². The normalized spacial score (nSPS) is 17.6. The molecule has 1 aliphatic rings. The second-order valence-corrected chi connectivity index (χ2v) is 6.00. The van der Waals surface area contributed by atoms with E-state index < -0.39 is 15.8 Å². The fourth-order valence-corrected chi connectivity index (χ4v) is 3.46. The van der Waals surface area contributed by atoms with Gasteiger partial charge in [-0.3, -0.25) is 4.79 Å². The molecule has 0 atom stereocenters. The van der Waals surface area contributed by atoms with Crippen LogP contribution in [-0.4, -0.2) is 38.3 Å². The van der Waals surface area contributed by atoms with Crippen LogP contribution in [0.25, 0.3) is 0 Å². The van der Waals surface area contributed by atoms with Gasteiger partial charge in [0.25, 0.3) is 0 Å². The minimum atomic E-state index is -3.74. The molecule has 0 aliphatic carbocycles. The molecule has 1 aromatic carbocycles. The molecule has 1 amide bonds. The van der Waals surface area contributed by atoms with E-state index in [-0.39, 0.29) is 30.4 Å². The van der Waals surface area contributed by atoms with Gasteiger partial charge in [-0.1, -0.05) is 0 Å². The standard InChI is InChI=1S/C11H13FN2O3S/c1-8-6-9(12)2-3-10(8)18(16,17)14-5-4-13-11(15)7-14/h2-3,6H,4-5,7H2,1H3,(H,13,15). The summed E-state index contributed by atoms with van der Waals surface area (Å²) in [5, 5.41) is 2.55. The lowest BCUT2D eigenvalue weighted by Crippen LogP contribution is -2.49. The monoisotopic (exact) mass is 272 g/mol. The number of hydrogen-bond acceptors (Lipinski definition) is 3. The highest BCUT2D eigenvalue weighted by Crippen LogP contribution is 2.21. The van der Waals surface area contributed by atoms with Gasteiger partial charge in [0.15, 0.2) is 0 Å². The molecule has 18 heavy (non-hydrogen) atoms. The first kappa shape index (κ1) is 13.0. The Kier molecular flexibility index (Phi) is 3.36. The number of carbonyl (C=O) groups is 1. The number of carbonyl (C=O) groups excluding carboxylic acids is 1. The fraction of sp³-hybridized carbons (Fsp3) is 0.364. The number of piperazine rings is 1. The maximum absolute atomic E-state index is 13.0. The van der Waals surface area contributed by atoms with Crippen LogP contribution in [0, 0.1) is 12.7 Å². The predicted molar refractivity (Wildman–Crippen MR) is 62.9 cm³/mol. The van der Waals surface area contributed by atoms with Crippen LogP contribution in [0.1, 0.15) is 5.56 Å². The van der Waals surface area contributed by atoms with Crippen molar-refractivity contribution in [1.29, 1.82) is 0 Å². The van der Waals surface area contributed by atoms with E-state index in [0.717, 1.165) is 16.4 Å². The Morgan fingerprint density at radius 3 is 2.72 bits per heavy atom. The van der Waals surface area contributed by atoms with Crippen LogP contribution >= 0.6 is 0 Å². The number of aryl methyl sites for hydroxylation is 1. The smallest absolute Gasteiger partial charge is 0.243 e. The van der Waals surface area contributed by atoms with Crippen LogP contribution in [0.3, 0.4) is 0 Å². The van der Waals surface area contributed by atoms with Crippen LogP contribution in [0.15, 0.2) is 23.1 Å². The maximum atomic E-state index is 13.0.